The van der Waals surface area contributed by atoms with Crippen LogP contribution >= 0.6 is 11.8 Å². The van der Waals surface area contributed by atoms with Gasteiger partial charge in [0.25, 0.3) is 11.6 Å². The lowest BCUT2D eigenvalue weighted by Crippen LogP contribution is -2.32. The number of rotatable bonds is 2. The number of amides is 1. The smallest absolute Gasteiger partial charge is 0.270 e. The minimum Gasteiger partial charge on any atom is -0.307 e. The summed E-state index contributed by atoms with van der Waals surface area (Å²) >= 11 is 1.75. The second kappa shape index (κ2) is 6.42. The maximum atomic E-state index is 12.9. The number of anilines is 1. The van der Waals surface area contributed by atoms with E-state index in [1.807, 2.05) is 24.3 Å². The molecule has 0 saturated carbocycles. The zero-order valence-electron chi connectivity index (χ0n) is 12.6. The molecule has 0 saturated heterocycles. The van der Waals surface area contributed by atoms with E-state index in [-0.39, 0.29) is 11.6 Å². The molecule has 0 aromatic heterocycles. The summed E-state index contributed by atoms with van der Waals surface area (Å²) in [5.74, 6) is -0.198. The first-order valence-electron chi connectivity index (χ1n) is 7.38. The van der Waals surface area contributed by atoms with Crippen molar-refractivity contribution in [1.29, 1.82) is 0 Å². The van der Waals surface area contributed by atoms with Gasteiger partial charge >= 0.3 is 0 Å². The van der Waals surface area contributed by atoms with E-state index in [0.29, 0.717) is 17.4 Å². The fourth-order valence-corrected chi connectivity index (χ4v) is 3.72. The van der Waals surface area contributed by atoms with Gasteiger partial charge in [-0.25, -0.2) is 0 Å². The third-order valence-electron chi connectivity index (χ3n) is 3.79. The number of non-ortho nitro benzene ring substituents is 1. The number of fused-ring (bicyclic) bond motifs is 1. The largest absolute Gasteiger partial charge is 0.307 e. The van der Waals surface area contributed by atoms with Gasteiger partial charge < -0.3 is 4.90 Å². The lowest BCUT2D eigenvalue weighted by molar-refractivity contribution is -0.384. The number of benzene rings is 2. The maximum Gasteiger partial charge on any atom is 0.270 e. The molecule has 1 aliphatic rings. The van der Waals surface area contributed by atoms with Crippen LogP contribution in [0.2, 0.25) is 0 Å². The molecule has 3 rings (SSSR count). The number of hydrogen-bond acceptors (Lipinski definition) is 4. The number of nitrogens with zero attached hydrogens (tertiary/aromatic N) is 2. The number of nitro groups is 1. The molecule has 23 heavy (non-hydrogen) atoms. The van der Waals surface area contributed by atoms with Crippen LogP contribution in [0.5, 0.6) is 0 Å². The molecule has 1 unspecified atom stereocenters. The van der Waals surface area contributed by atoms with Gasteiger partial charge in [-0.3, -0.25) is 14.9 Å². The second-order valence-electron chi connectivity index (χ2n) is 5.45. The van der Waals surface area contributed by atoms with Crippen LogP contribution in [0, 0.1) is 10.1 Å². The van der Waals surface area contributed by atoms with Gasteiger partial charge in [-0.05, 0) is 24.6 Å². The maximum absolute atomic E-state index is 12.9. The van der Waals surface area contributed by atoms with Crippen molar-refractivity contribution in [2.45, 2.75) is 23.5 Å². The highest BCUT2D eigenvalue weighted by molar-refractivity contribution is 8.00. The van der Waals surface area contributed by atoms with E-state index in [1.165, 1.54) is 12.1 Å². The highest BCUT2D eigenvalue weighted by atomic mass is 32.2. The van der Waals surface area contributed by atoms with E-state index in [9.17, 15) is 14.9 Å². The summed E-state index contributed by atoms with van der Waals surface area (Å²) in [5, 5.41) is 11.3. The molecule has 1 atom stereocenters. The fourth-order valence-electron chi connectivity index (χ4n) is 2.61. The third-order valence-corrected chi connectivity index (χ3v) is 5.03. The van der Waals surface area contributed by atoms with Crippen molar-refractivity contribution >= 4 is 29.0 Å². The summed E-state index contributed by atoms with van der Waals surface area (Å²) in [4.78, 5) is 26.1. The van der Waals surface area contributed by atoms with Gasteiger partial charge in [0.15, 0.2) is 0 Å². The number of hydrogen-bond donors (Lipinski definition) is 0. The Morgan fingerprint density at radius 2 is 2.04 bits per heavy atom. The molecule has 2 aromatic carbocycles. The zero-order chi connectivity index (χ0) is 16.4. The Labute approximate surface area is 138 Å². The normalized spacial score (nSPS) is 17.3. The predicted octanol–water partition coefficient (Wildman–Crippen LogP) is 4.13. The topological polar surface area (TPSA) is 63.5 Å². The number of carbonyl (C=O) groups is 1. The van der Waals surface area contributed by atoms with Gasteiger partial charge in [-0.1, -0.05) is 25.1 Å². The SMILES string of the molecule is CC1CCN(C(=O)c2cccc([N+](=O)[O-])c2)c2ccccc2S1. The van der Waals surface area contributed by atoms with E-state index in [1.54, 1.807) is 28.8 Å². The van der Waals surface area contributed by atoms with E-state index in [0.717, 1.165) is 17.0 Å². The Balaban J connectivity index is 1.99. The van der Waals surface area contributed by atoms with Crippen LogP contribution in [0.15, 0.2) is 53.4 Å². The fraction of sp³-hybridized carbons (Fsp3) is 0.235. The van der Waals surface area contributed by atoms with Crippen LogP contribution in [-0.2, 0) is 0 Å². The second-order valence-corrected chi connectivity index (χ2v) is 6.93. The first kappa shape index (κ1) is 15.6. The molecule has 6 heteroatoms. The van der Waals surface area contributed by atoms with Gasteiger partial charge in [0.1, 0.15) is 0 Å². The van der Waals surface area contributed by atoms with E-state index >= 15 is 0 Å². The highest BCUT2D eigenvalue weighted by Gasteiger charge is 2.25. The zero-order valence-corrected chi connectivity index (χ0v) is 13.5. The van der Waals surface area contributed by atoms with Crippen molar-refractivity contribution in [3.63, 3.8) is 0 Å². The third kappa shape index (κ3) is 3.22. The molecule has 2 aromatic rings. The van der Waals surface area contributed by atoms with Crippen molar-refractivity contribution in [3.05, 3.63) is 64.2 Å². The Hall–Kier alpha value is -2.34. The molecular formula is C17H16N2O3S. The standard InChI is InChI=1S/C17H16N2O3S/c1-12-9-10-18(15-7-2-3-8-16(15)23-12)17(20)13-5-4-6-14(11-13)19(21)22/h2-8,11-12H,9-10H2,1H3. The van der Waals surface area contributed by atoms with Crippen LogP contribution in [0.25, 0.3) is 0 Å². The number of carbonyl (C=O) groups excluding carboxylic acids is 1. The number of para-hydroxylation sites is 1. The summed E-state index contributed by atoms with van der Waals surface area (Å²) in [5.41, 5.74) is 1.15. The van der Waals surface area contributed by atoms with Crippen molar-refractivity contribution in [3.8, 4) is 0 Å². The monoisotopic (exact) mass is 328 g/mol. The van der Waals surface area contributed by atoms with E-state index in [2.05, 4.69) is 6.92 Å². The van der Waals surface area contributed by atoms with Gasteiger partial charge in [0.05, 0.1) is 10.6 Å². The molecular weight excluding hydrogens is 312 g/mol. The Kier molecular flexibility index (Phi) is 4.34. The first-order valence-corrected chi connectivity index (χ1v) is 8.26. The minimum atomic E-state index is -0.481. The molecule has 0 spiro atoms. The van der Waals surface area contributed by atoms with E-state index in [4.69, 9.17) is 0 Å². The van der Waals surface area contributed by atoms with Crippen LogP contribution < -0.4 is 4.90 Å². The van der Waals surface area contributed by atoms with Crippen molar-refractivity contribution in [2.24, 2.45) is 0 Å². The molecule has 0 bridgehead atoms. The minimum absolute atomic E-state index is 0.0679. The van der Waals surface area contributed by atoms with E-state index < -0.39 is 4.92 Å². The summed E-state index contributed by atoms with van der Waals surface area (Å²) in [7, 11) is 0. The first-order chi connectivity index (χ1) is 11.1. The number of nitro benzene ring substituents is 1. The van der Waals surface area contributed by atoms with Gasteiger partial charge in [0.2, 0.25) is 0 Å². The Morgan fingerprint density at radius 1 is 1.26 bits per heavy atom. The summed E-state index contributed by atoms with van der Waals surface area (Å²) in [6.45, 7) is 2.75. The Bertz CT molecular complexity index is 763. The van der Waals surface area contributed by atoms with Gasteiger partial charge in [-0.15, -0.1) is 11.8 Å². The summed E-state index contributed by atoms with van der Waals surface area (Å²) in [6.07, 6.45) is 0.875. The molecule has 0 radical (unpaired) electrons. The molecule has 5 nitrogen and oxygen atoms in total. The van der Waals surface area contributed by atoms with Crippen LogP contribution in [0.3, 0.4) is 0 Å². The average molecular weight is 328 g/mol. The molecule has 1 aliphatic heterocycles. The quantitative estimate of drug-likeness (QED) is 0.614. The lowest BCUT2D eigenvalue weighted by atomic mass is 10.1. The molecule has 0 N–H and O–H groups in total. The van der Waals surface area contributed by atoms with Gasteiger partial charge in [-0.2, -0.15) is 0 Å². The molecule has 1 heterocycles. The van der Waals surface area contributed by atoms with Crippen molar-refractivity contribution in [2.75, 3.05) is 11.4 Å². The van der Waals surface area contributed by atoms with Crippen LogP contribution in [0.4, 0.5) is 11.4 Å². The van der Waals surface area contributed by atoms with Gasteiger partial charge in [0, 0.05) is 34.4 Å². The van der Waals surface area contributed by atoms with Crippen molar-refractivity contribution < 1.29 is 9.72 Å². The predicted molar refractivity (Wildman–Crippen MR) is 91.2 cm³/mol. The molecule has 118 valence electrons. The highest BCUT2D eigenvalue weighted by Crippen LogP contribution is 2.37. The Morgan fingerprint density at radius 3 is 2.83 bits per heavy atom. The van der Waals surface area contributed by atoms with Crippen LogP contribution in [-0.4, -0.2) is 22.6 Å². The lowest BCUT2D eigenvalue weighted by Gasteiger charge is -2.22. The molecule has 0 fully saturated rings. The van der Waals surface area contributed by atoms with Crippen LogP contribution in [0.1, 0.15) is 23.7 Å². The number of thioether (sulfide) groups is 1. The molecule has 1 amide bonds. The molecule has 0 aliphatic carbocycles. The van der Waals surface area contributed by atoms with Crippen molar-refractivity contribution in [1.82, 2.24) is 0 Å². The average Bonchev–Trinajstić information content (AvgIpc) is 2.72. The summed E-state index contributed by atoms with van der Waals surface area (Å²) in [6, 6.07) is 13.7. The summed E-state index contributed by atoms with van der Waals surface area (Å²) < 4.78 is 0.